The monoisotopic (exact) mass is 262 g/mol. The lowest BCUT2D eigenvalue weighted by molar-refractivity contribution is 0.544. The summed E-state index contributed by atoms with van der Waals surface area (Å²) in [6.45, 7) is 2.29. The number of hydrogen-bond acceptors (Lipinski definition) is 0. The Bertz CT molecular complexity index is 247. The van der Waals surface area contributed by atoms with Crippen molar-refractivity contribution >= 4 is 0 Å². The van der Waals surface area contributed by atoms with Gasteiger partial charge in [0.05, 0.1) is 0 Å². The summed E-state index contributed by atoms with van der Waals surface area (Å²) in [5, 5.41) is 0. The van der Waals surface area contributed by atoms with Gasteiger partial charge in [0.15, 0.2) is 0 Å². The van der Waals surface area contributed by atoms with Gasteiger partial charge in [0, 0.05) is 0 Å². The fraction of sp³-hybridized carbons (Fsp3) is 0.789. The summed E-state index contributed by atoms with van der Waals surface area (Å²) in [4.78, 5) is 0. The van der Waals surface area contributed by atoms with Crippen molar-refractivity contribution in [1.29, 1.82) is 0 Å². The molecule has 0 aromatic carbocycles. The Morgan fingerprint density at radius 2 is 1.26 bits per heavy atom. The van der Waals surface area contributed by atoms with Gasteiger partial charge in [-0.15, -0.1) is 0 Å². The van der Waals surface area contributed by atoms with Crippen molar-refractivity contribution in [3.63, 3.8) is 0 Å². The van der Waals surface area contributed by atoms with Gasteiger partial charge in [-0.3, -0.25) is 0 Å². The number of unbranched alkanes of at least 4 members (excludes halogenated alkanes) is 11. The van der Waals surface area contributed by atoms with Crippen molar-refractivity contribution in [1.82, 2.24) is 0 Å². The van der Waals surface area contributed by atoms with Crippen molar-refractivity contribution in [2.75, 3.05) is 0 Å². The van der Waals surface area contributed by atoms with Crippen LogP contribution < -0.4 is 0 Å². The molecular weight excluding hydrogens is 228 g/mol. The maximum Gasteiger partial charge on any atom is -0.0160 e. The van der Waals surface area contributed by atoms with Crippen molar-refractivity contribution in [3.8, 4) is 0 Å². The molecule has 0 amide bonds. The van der Waals surface area contributed by atoms with Gasteiger partial charge in [0.1, 0.15) is 0 Å². The first-order chi connectivity index (χ1) is 9.43. The summed E-state index contributed by atoms with van der Waals surface area (Å²) in [6.07, 6.45) is 26.8. The van der Waals surface area contributed by atoms with Crippen LogP contribution in [0.3, 0.4) is 0 Å². The molecule has 1 rings (SSSR count). The van der Waals surface area contributed by atoms with Gasteiger partial charge in [0.25, 0.3) is 0 Å². The SMILES string of the molecule is CCCCCCCCCCCCCCC1=CCC=C1. The van der Waals surface area contributed by atoms with Gasteiger partial charge in [-0.05, 0) is 19.3 Å². The third kappa shape index (κ3) is 9.99. The molecule has 1 aliphatic carbocycles. The van der Waals surface area contributed by atoms with Crippen molar-refractivity contribution in [2.24, 2.45) is 0 Å². The maximum atomic E-state index is 2.37. The van der Waals surface area contributed by atoms with Gasteiger partial charge in [-0.1, -0.05) is 101 Å². The predicted octanol–water partition coefficient (Wildman–Crippen LogP) is 6.96. The summed E-state index contributed by atoms with van der Waals surface area (Å²) in [6, 6.07) is 0. The van der Waals surface area contributed by atoms with Gasteiger partial charge < -0.3 is 0 Å². The second kappa shape index (κ2) is 12.5. The van der Waals surface area contributed by atoms with Gasteiger partial charge in [-0.25, -0.2) is 0 Å². The molecule has 0 saturated carbocycles. The molecule has 0 saturated heterocycles. The molecule has 0 unspecified atom stereocenters. The van der Waals surface area contributed by atoms with E-state index in [4.69, 9.17) is 0 Å². The van der Waals surface area contributed by atoms with Gasteiger partial charge in [0.2, 0.25) is 0 Å². The normalized spacial score (nSPS) is 14.1. The van der Waals surface area contributed by atoms with E-state index in [-0.39, 0.29) is 0 Å². The molecule has 0 radical (unpaired) electrons. The number of allylic oxidation sites excluding steroid dienone is 4. The highest BCUT2D eigenvalue weighted by molar-refractivity contribution is 5.25. The smallest absolute Gasteiger partial charge is 0.0160 e. The van der Waals surface area contributed by atoms with Crippen LogP contribution in [0.25, 0.3) is 0 Å². The molecule has 19 heavy (non-hydrogen) atoms. The van der Waals surface area contributed by atoms with Crippen LogP contribution in [0, 0.1) is 0 Å². The van der Waals surface area contributed by atoms with E-state index < -0.39 is 0 Å². The zero-order valence-electron chi connectivity index (χ0n) is 13.1. The second-order valence-corrected chi connectivity index (χ2v) is 6.06. The third-order valence-electron chi connectivity index (χ3n) is 4.17. The van der Waals surface area contributed by atoms with Gasteiger partial charge >= 0.3 is 0 Å². The van der Waals surface area contributed by atoms with Crippen LogP contribution in [-0.4, -0.2) is 0 Å². The Kier molecular flexibility index (Phi) is 10.9. The lowest BCUT2D eigenvalue weighted by atomic mass is 10.0. The first-order valence-corrected chi connectivity index (χ1v) is 8.79. The first-order valence-electron chi connectivity index (χ1n) is 8.79. The molecule has 0 fully saturated rings. The fourth-order valence-electron chi connectivity index (χ4n) is 2.86. The minimum absolute atomic E-state index is 1.17. The van der Waals surface area contributed by atoms with Crippen molar-refractivity contribution in [2.45, 2.75) is 96.8 Å². The van der Waals surface area contributed by atoms with Crippen LogP contribution >= 0.6 is 0 Å². The Morgan fingerprint density at radius 3 is 1.74 bits per heavy atom. The molecule has 0 aliphatic heterocycles. The lowest BCUT2D eigenvalue weighted by Crippen LogP contribution is -1.83. The third-order valence-corrected chi connectivity index (χ3v) is 4.17. The van der Waals surface area contributed by atoms with Crippen LogP contribution in [0.4, 0.5) is 0 Å². The van der Waals surface area contributed by atoms with Crippen molar-refractivity contribution < 1.29 is 0 Å². The van der Waals surface area contributed by atoms with E-state index in [1.165, 1.54) is 89.9 Å². The fourth-order valence-corrected chi connectivity index (χ4v) is 2.86. The molecule has 0 heterocycles. The molecule has 0 N–H and O–H groups in total. The van der Waals surface area contributed by atoms with Gasteiger partial charge in [-0.2, -0.15) is 0 Å². The van der Waals surface area contributed by atoms with E-state index in [0.29, 0.717) is 0 Å². The summed E-state index contributed by atoms with van der Waals surface area (Å²) >= 11 is 0. The predicted molar refractivity (Wildman–Crippen MR) is 87.5 cm³/mol. The molecule has 0 aromatic rings. The molecule has 0 atom stereocenters. The van der Waals surface area contributed by atoms with E-state index in [0.717, 1.165) is 0 Å². The van der Waals surface area contributed by atoms with Crippen LogP contribution in [0.2, 0.25) is 0 Å². The zero-order chi connectivity index (χ0) is 13.6. The summed E-state index contributed by atoms with van der Waals surface area (Å²) in [5.41, 5.74) is 1.58. The topological polar surface area (TPSA) is 0 Å². The van der Waals surface area contributed by atoms with E-state index in [9.17, 15) is 0 Å². The molecular formula is C19H34. The molecule has 110 valence electrons. The average Bonchev–Trinajstić information content (AvgIpc) is 2.93. The molecule has 0 nitrogen and oxygen atoms in total. The lowest BCUT2D eigenvalue weighted by Gasteiger charge is -2.03. The summed E-state index contributed by atoms with van der Waals surface area (Å²) in [5.74, 6) is 0. The Hall–Kier alpha value is -0.520. The quantitative estimate of drug-likeness (QED) is 0.315. The number of hydrogen-bond donors (Lipinski definition) is 0. The highest BCUT2D eigenvalue weighted by Gasteiger charge is 1.97. The summed E-state index contributed by atoms with van der Waals surface area (Å²) < 4.78 is 0. The minimum Gasteiger partial charge on any atom is -0.0805 e. The van der Waals surface area contributed by atoms with E-state index in [1.54, 1.807) is 5.57 Å². The highest BCUT2D eigenvalue weighted by atomic mass is 14.0. The Balaban J connectivity index is 1.70. The van der Waals surface area contributed by atoms with Crippen LogP contribution in [0.15, 0.2) is 23.8 Å². The Labute approximate surface area is 121 Å². The molecule has 0 aromatic heterocycles. The van der Waals surface area contributed by atoms with E-state index in [1.807, 2.05) is 0 Å². The number of rotatable bonds is 13. The largest absolute Gasteiger partial charge is 0.0805 e. The first kappa shape index (κ1) is 16.5. The molecule has 1 aliphatic rings. The van der Waals surface area contributed by atoms with Crippen LogP contribution in [0.1, 0.15) is 96.8 Å². The zero-order valence-corrected chi connectivity index (χ0v) is 13.1. The molecule has 0 spiro atoms. The second-order valence-electron chi connectivity index (χ2n) is 6.06. The summed E-state index contributed by atoms with van der Waals surface area (Å²) in [7, 11) is 0. The van der Waals surface area contributed by atoms with Crippen molar-refractivity contribution in [3.05, 3.63) is 23.8 Å². The molecule has 0 bridgehead atoms. The minimum atomic E-state index is 1.17. The van der Waals surface area contributed by atoms with E-state index >= 15 is 0 Å². The van der Waals surface area contributed by atoms with Crippen LogP contribution in [0.5, 0.6) is 0 Å². The maximum absolute atomic E-state index is 2.37. The highest BCUT2D eigenvalue weighted by Crippen LogP contribution is 2.17. The molecule has 0 heteroatoms. The average molecular weight is 262 g/mol. The standard InChI is InChI=1S/C19H34/c1-2-3-4-5-6-7-8-9-10-11-12-13-16-19-17-14-15-18-19/h14,17-18H,2-13,15-16H2,1H3. The van der Waals surface area contributed by atoms with Crippen LogP contribution in [-0.2, 0) is 0 Å². The van der Waals surface area contributed by atoms with E-state index in [2.05, 4.69) is 25.2 Å². The Morgan fingerprint density at radius 1 is 0.737 bits per heavy atom.